The molecule has 0 fully saturated rings. The van der Waals surface area contributed by atoms with Gasteiger partial charge in [0.1, 0.15) is 0 Å². The first kappa shape index (κ1) is 12.2. The SMILES string of the molecule is CC(C)N(CCC#N)c1ncc(I)cn1. The van der Waals surface area contributed by atoms with Crippen LogP contribution in [-0.4, -0.2) is 22.6 Å². The summed E-state index contributed by atoms with van der Waals surface area (Å²) >= 11 is 2.17. The summed E-state index contributed by atoms with van der Waals surface area (Å²) in [5, 5.41) is 8.57. The fourth-order valence-electron chi connectivity index (χ4n) is 1.21. The fraction of sp³-hybridized carbons (Fsp3) is 0.500. The second-order valence-electron chi connectivity index (χ2n) is 3.40. The quantitative estimate of drug-likeness (QED) is 0.799. The van der Waals surface area contributed by atoms with Crippen molar-refractivity contribution < 1.29 is 0 Å². The molecule has 80 valence electrons. The lowest BCUT2D eigenvalue weighted by Gasteiger charge is -2.25. The molecule has 0 spiro atoms. The number of halogens is 1. The first-order chi connectivity index (χ1) is 7.15. The van der Waals surface area contributed by atoms with Crippen LogP contribution < -0.4 is 4.90 Å². The third-order valence-electron chi connectivity index (χ3n) is 1.95. The third-order valence-corrected chi connectivity index (χ3v) is 2.51. The van der Waals surface area contributed by atoms with Gasteiger partial charge in [-0.25, -0.2) is 9.97 Å². The molecule has 4 nitrogen and oxygen atoms in total. The molecule has 0 amide bonds. The number of nitriles is 1. The highest BCUT2D eigenvalue weighted by Crippen LogP contribution is 2.12. The maximum absolute atomic E-state index is 8.57. The second-order valence-corrected chi connectivity index (χ2v) is 4.64. The lowest BCUT2D eigenvalue weighted by Crippen LogP contribution is -2.33. The predicted octanol–water partition coefficient (Wildman–Crippen LogP) is 2.21. The average Bonchev–Trinajstić information content (AvgIpc) is 2.21. The van der Waals surface area contributed by atoms with E-state index in [4.69, 9.17) is 5.26 Å². The molecule has 0 aliphatic rings. The zero-order valence-corrected chi connectivity index (χ0v) is 11.0. The van der Waals surface area contributed by atoms with Crippen molar-refractivity contribution in [3.8, 4) is 6.07 Å². The van der Waals surface area contributed by atoms with Crippen molar-refractivity contribution in [2.75, 3.05) is 11.4 Å². The normalized spacial score (nSPS) is 10.1. The van der Waals surface area contributed by atoms with Crippen LogP contribution in [0.1, 0.15) is 20.3 Å². The molecule has 0 radical (unpaired) electrons. The van der Waals surface area contributed by atoms with E-state index >= 15 is 0 Å². The minimum Gasteiger partial charge on any atom is -0.337 e. The van der Waals surface area contributed by atoms with Gasteiger partial charge in [-0.2, -0.15) is 5.26 Å². The monoisotopic (exact) mass is 316 g/mol. The Labute approximate surface area is 103 Å². The molecule has 1 aromatic rings. The highest BCUT2D eigenvalue weighted by atomic mass is 127. The minimum atomic E-state index is 0.304. The van der Waals surface area contributed by atoms with Crippen molar-refractivity contribution in [3.63, 3.8) is 0 Å². The Morgan fingerprint density at radius 3 is 2.53 bits per heavy atom. The molecule has 0 unspecified atom stereocenters. The highest BCUT2D eigenvalue weighted by Gasteiger charge is 2.12. The molecule has 0 N–H and O–H groups in total. The van der Waals surface area contributed by atoms with Crippen LogP contribution in [0.2, 0.25) is 0 Å². The van der Waals surface area contributed by atoms with Crippen LogP contribution in [-0.2, 0) is 0 Å². The summed E-state index contributed by atoms with van der Waals surface area (Å²) in [6, 6.07) is 2.44. The van der Waals surface area contributed by atoms with Gasteiger partial charge in [0.25, 0.3) is 0 Å². The lowest BCUT2D eigenvalue weighted by atomic mass is 10.3. The first-order valence-corrected chi connectivity index (χ1v) is 5.84. The number of rotatable bonds is 4. The topological polar surface area (TPSA) is 52.8 Å². The minimum absolute atomic E-state index is 0.304. The van der Waals surface area contributed by atoms with E-state index in [9.17, 15) is 0 Å². The van der Waals surface area contributed by atoms with E-state index in [1.165, 1.54) is 0 Å². The molecule has 15 heavy (non-hydrogen) atoms. The Balaban J connectivity index is 2.80. The van der Waals surface area contributed by atoms with Gasteiger partial charge in [-0.05, 0) is 36.4 Å². The summed E-state index contributed by atoms with van der Waals surface area (Å²) in [4.78, 5) is 10.5. The molecule has 1 aromatic heterocycles. The summed E-state index contributed by atoms with van der Waals surface area (Å²) in [5.74, 6) is 0.695. The Morgan fingerprint density at radius 2 is 2.07 bits per heavy atom. The van der Waals surface area contributed by atoms with E-state index in [-0.39, 0.29) is 0 Å². The van der Waals surface area contributed by atoms with Crippen LogP contribution in [0.5, 0.6) is 0 Å². The Bertz CT molecular complexity index is 341. The largest absolute Gasteiger partial charge is 0.337 e. The van der Waals surface area contributed by atoms with Crippen molar-refractivity contribution in [1.82, 2.24) is 9.97 Å². The Hall–Kier alpha value is -0.900. The van der Waals surface area contributed by atoms with Crippen LogP contribution >= 0.6 is 22.6 Å². The molecule has 0 aliphatic carbocycles. The molecule has 0 saturated heterocycles. The van der Waals surface area contributed by atoms with Crippen molar-refractivity contribution >= 4 is 28.5 Å². The molecule has 1 heterocycles. The van der Waals surface area contributed by atoms with Gasteiger partial charge in [-0.3, -0.25) is 0 Å². The van der Waals surface area contributed by atoms with Gasteiger partial charge >= 0.3 is 0 Å². The standard InChI is InChI=1S/C10H13IN4/c1-8(2)15(5-3-4-12)10-13-6-9(11)7-14-10/h6-8H,3,5H2,1-2H3. The third kappa shape index (κ3) is 3.63. The maximum atomic E-state index is 8.57. The zero-order chi connectivity index (χ0) is 11.3. The zero-order valence-electron chi connectivity index (χ0n) is 8.81. The van der Waals surface area contributed by atoms with Crippen LogP contribution in [0, 0.1) is 14.9 Å². The summed E-state index contributed by atoms with van der Waals surface area (Å²) in [5.41, 5.74) is 0. The molecular weight excluding hydrogens is 303 g/mol. The van der Waals surface area contributed by atoms with Gasteiger partial charge in [-0.1, -0.05) is 0 Å². The highest BCUT2D eigenvalue weighted by molar-refractivity contribution is 14.1. The second kappa shape index (κ2) is 5.85. The number of anilines is 1. The fourth-order valence-corrected chi connectivity index (χ4v) is 1.49. The molecule has 0 bridgehead atoms. The predicted molar refractivity (Wildman–Crippen MR) is 67.5 cm³/mol. The van der Waals surface area contributed by atoms with Gasteiger partial charge in [0.2, 0.25) is 5.95 Å². The molecule has 0 aliphatic heterocycles. The summed E-state index contributed by atoms with van der Waals surface area (Å²) < 4.78 is 1.01. The van der Waals surface area contributed by atoms with Crippen LogP contribution in [0.15, 0.2) is 12.4 Å². The van der Waals surface area contributed by atoms with Crippen LogP contribution in [0.3, 0.4) is 0 Å². The average molecular weight is 316 g/mol. The van der Waals surface area contributed by atoms with Gasteiger partial charge in [0.15, 0.2) is 0 Å². The van der Waals surface area contributed by atoms with Gasteiger partial charge in [-0.15, -0.1) is 0 Å². The molecule has 1 rings (SSSR count). The first-order valence-electron chi connectivity index (χ1n) is 4.76. The molecular formula is C10H13IN4. The number of hydrogen-bond acceptors (Lipinski definition) is 4. The van der Waals surface area contributed by atoms with E-state index in [1.807, 2.05) is 4.90 Å². The maximum Gasteiger partial charge on any atom is 0.225 e. The van der Waals surface area contributed by atoms with Crippen LogP contribution in [0.4, 0.5) is 5.95 Å². The van der Waals surface area contributed by atoms with Crippen molar-refractivity contribution in [2.45, 2.75) is 26.3 Å². The molecule has 0 atom stereocenters. The Kier molecular flexibility index (Phi) is 4.75. The van der Waals surface area contributed by atoms with E-state index in [1.54, 1.807) is 12.4 Å². The number of aromatic nitrogens is 2. The van der Waals surface area contributed by atoms with E-state index in [0.717, 1.165) is 3.57 Å². The van der Waals surface area contributed by atoms with Gasteiger partial charge in [0.05, 0.1) is 12.5 Å². The van der Waals surface area contributed by atoms with Gasteiger partial charge < -0.3 is 4.90 Å². The van der Waals surface area contributed by atoms with E-state index < -0.39 is 0 Å². The van der Waals surface area contributed by atoms with E-state index in [0.29, 0.717) is 25.0 Å². The van der Waals surface area contributed by atoms with E-state index in [2.05, 4.69) is 52.5 Å². The summed E-state index contributed by atoms with van der Waals surface area (Å²) in [6.07, 6.45) is 4.06. The summed E-state index contributed by atoms with van der Waals surface area (Å²) in [6.45, 7) is 4.81. The molecule has 0 saturated carbocycles. The lowest BCUT2D eigenvalue weighted by molar-refractivity contribution is 0.665. The Morgan fingerprint density at radius 1 is 1.47 bits per heavy atom. The number of nitrogens with zero attached hydrogens (tertiary/aromatic N) is 4. The number of hydrogen-bond donors (Lipinski definition) is 0. The van der Waals surface area contributed by atoms with Crippen molar-refractivity contribution in [3.05, 3.63) is 16.0 Å². The summed E-state index contributed by atoms with van der Waals surface area (Å²) in [7, 11) is 0. The smallest absolute Gasteiger partial charge is 0.225 e. The van der Waals surface area contributed by atoms with Crippen molar-refractivity contribution in [1.29, 1.82) is 5.26 Å². The van der Waals surface area contributed by atoms with Gasteiger partial charge in [0, 0.05) is 28.6 Å². The van der Waals surface area contributed by atoms with Crippen molar-refractivity contribution in [2.24, 2.45) is 0 Å². The molecule has 0 aromatic carbocycles. The molecule has 5 heteroatoms. The van der Waals surface area contributed by atoms with Crippen LogP contribution in [0.25, 0.3) is 0 Å².